The van der Waals surface area contributed by atoms with Gasteiger partial charge in [-0.05, 0) is 61.7 Å². The van der Waals surface area contributed by atoms with Crippen LogP contribution >= 0.6 is 0 Å². The highest BCUT2D eigenvalue weighted by molar-refractivity contribution is 5.81. The van der Waals surface area contributed by atoms with Gasteiger partial charge in [0.25, 0.3) is 0 Å². The highest BCUT2D eigenvalue weighted by Crippen LogP contribution is 2.59. The zero-order valence-corrected chi connectivity index (χ0v) is 9.73. The second-order valence-electron chi connectivity index (χ2n) is 5.83. The molecule has 0 aromatic heterocycles. The van der Waals surface area contributed by atoms with Crippen molar-refractivity contribution in [1.29, 1.82) is 0 Å². The monoisotopic (exact) mass is 220 g/mol. The van der Waals surface area contributed by atoms with E-state index in [4.69, 9.17) is 4.74 Å². The van der Waals surface area contributed by atoms with Crippen LogP contribution in [-0.2, 0) is 9.53 Å². The molecule has 0 aliphatic heterocycles. The van der Waals surface area contributed by atoms with Crippen molar-refractivity contribution >= 4 is 5.97 Å². The summed E-state index contributed by atoms with van der Waals surface area (Å²) in [6, 6.07) is 0. The topological polar surface area (TPSA) is 26.3 Å². The third kappa shape index (κ3) is 1.59. The lowest BCUT2D eigenvalue weighted by Gasteiger charge is -2.23. The first-order valence-corrected chi connectivity index (χ1v) is 6.57. The Morgan fingerprint density at radius 1 is 1.19 bits per heavy atom. The minimum Gasteiger partial charge on any atom is -0.462 e. The Bertz CT molecular complexity index is 292. The van der Waals surface area contributed by atoms with E-state index in [0.29, 0.717) is 12.5 Å². The van der Waals surface area contributed by atoms with E-state index in [1.807, 2.05) is 0 Å². The molecule has 3 fully saturated rings. The zero-order valence-electron chi connectivity index (χ0n) is 9.73. The molecule has 0 amide bonds. The average molecular weight is 220 g/mol. The Kier molecular flexibility index (Phi) is 2.53. The van der Waals surface area contributed by atoms with Crippen LogP contribution in [0.5, 0.6) is 0 Å². The predicted molar refractivity (Wildman–Crippen MR) is 61.7 cm³/mol. The molecule has 3 aliphatic carbocycles. The molecule has 3 unspecified atom stereocenters. The fourth-order valence-corrected chi connectivity index (χ4v) is 4.53. The number of carbonyl (C=O) groups is 1. The quantitative estimate of drug-likeness (QED) is 0.540. The molecule has 0 aromatic rings. The standard InChI is InChI=1S/C14H20O2/c1-2-14(15)16-8-9-5-12-10-3-4-11(7-10)13(12)6-9/h2,9-13H,1,3-8H2/t9?,10?,11?,12-,13+. The molecule has 16 heavy (non-hydrogen) atoms. The van der Waals surface area contributed by atoms with Crippen LogP contribution in [0.2, 0.25) is 0 Å². The molecule has 2 nitrogen and oxygen atoms in total. The van der Waals surface area contributed by atoms with Gasteiger partial charge >= 0.3 is 5.97 Å². The summed E-state index contributed by atoms with van der Waals surface area (Å²) in [5, 5.41) is 0. The van der Waals surface area contributed by atoms with Gasteiger partial charge < -0.3 is 4.74 Å². The third-order valence-electron chi connectivity index (χ3n) is 5.11. The van der Waals surface area contributed by atoms with E-state index >= 15 is 0 Å². The fourth-order valence-electron chi connectivity index (χ4n) is 4.53. The van der Waals surface area contributed by atoms with Crippen molar-refractivity contribution in [2.75, 3.05) is 6.61 Å². The molecule has 0 saturated heterocycles. The number of carbonyl (C=O) groups excluding carboxylic acids is 1. The molecule has 88 valence electrons. The molecule has 0 N–H and O–H groups in total. The second kappa shape index (κ2) is 3.90. The van der Waals surface area contributed by atoms with E-state index in [2.05, 4.69) is 6.58 Å². The summed E-state index contributed by atoms with van der Waals surface area (Å²) in [5.41, 5.74) is 0. The average Bonchev–Trinajstić information content (AvgIpc) is 2.96. The fraction of sp³-hybridized carbons (Fsp3) is 0.786. The number of hydrogen-bond donors (Lipinski definition) is 0. The van der Waals surface area contributed by atoms with Gasteiger partial charge in [-0.3, -0.25) is 0 Å². The van der Waals surface area contributed by atoms with Crippen LogP contribution in [-0.4, -0.2) is 12.6 Å². The highest BCUT2D eigenvalue weighted by atomic mass is 16.5. The minimum absolute atomic E-state index is 0.264. The third-order valence-corrected chi connectivity index (χ3v) is 5.11. The van der Waals surface area contributed by atoms with Gasteiger partial charge in [0.2, 0.25) is 0 Å². The molecule has 5 atom stereocenters. The zero-order chi connectivity index (χ0) is 11.1. The van der Waals surface area contributed by atoms with Gasteiger partial charge in [-0.1, -0.05) is 6.58 Å². The summed E-state index contributed by atoms with van der Waals surface area (Å²) in [6.07, 6.45) is 8.29. The summed E-state index contributed by atoms with van der Waals surface area (Å²) in [4.78, 5) is 11.0. The molecule has 0 spiro atoms. The summed E-state index contributed by atoms with van der Waals surface area (Å²) < 4.78 is 5.17. The van der Waals surface area contributed by atoms with E-state index in [1.165, 1.54) is 38.2 Å². The normalized spacial score (nSPS) is 44.4. The maximum Gasteiger partial charge on any atom is 0.330 e. The van der Waals surface area contributed by atoms with Crippen LogP contribution < -0.4 is 0 Å². The van der Waals surface area contributed by atoms with E-state index in [9.17, 15) is 4.79 Å². The molecule has 0 aromatic carbocycles. The number of esters is 1. The van der Waals surface area contributed by atoms with Gasteiger partial charge in [0.05, 0.1) is 6.61 Å². The van der Waals surface area contributed by atoms with Crippen LogP contribution in [0.15, 0.2) is 12.7 Å². The summed E-state index contributed by atoms with van der Waals surface area (Å²) in [5.74, 6) is 4.31. The Morgan fingerprint density at radius 3 is 2.38 bits per heavy atom. The summed E-state index contributed by atoms with van der Waals surface area (Å²) >= 11 is 0. The molecule has 2 heteroatoms. The molecule has 3 saturated carbocycles. The first-order chi connectivity index (χ1) is 7.78. The van der Waals surface area contributed by atoms with Crippen LogP contribution in [0.25, 0.3) is 0 Å². The van der Waals surface area contributed by atoms with Gasteiger partial charge in [-0.25, -0.2) is 4.79 Å². The Hall–Kier alpha value is -0.790. The predicted octanol–water partition coefficient (Wildman–Crippen LogP) is 2.79. The number of rotatable bonds is 3. The number of ether oxygens (including phenoxy) is 1. The number of fused-ring (bicyclic) bond motifs is 5. The Morgan fingerprint density at radius 2 is 1.81 bits per heavy atom. The van der Waals surface area contributed by atoms with Crippen LogP contribution in [0.3, 0.4) is 0 Å². The van der Waals surface area contributed by atoms with Gasteiger partial charge in [-0.2, -0.15) is 0 Å². The van der Waals surface area contributed by atoms with Crippen molar-refractivity contribution < 1.29 is 9.53 Å². The van der Waals surface area contributed by atoms with Crippen molar-refractivity contribution in [3.63, 3.8) is 0 Å². The lowest BCUT2D eigenvalue weighted by Crippen LogP contribution is -2.15. The molecule has 0 radical (unpaired) electrons. The van der Waals surface area contributed by atoms with Gasteiger partial charge in [0, 0.05) is 6.08 Å². The maximum absolute atomic E-state index is 11.0. The van der Waals surface area contributed by atoms with E-state index < -0.39 is 0 Å². The first kappa shape index (κ1) is 10.4. The lowest BCUT2D eigenvalue weighted by atomic mass is 9.82. The van der Waals surface area contributed by atoms with Gasteiger partial charge in [-0.15, -0.1) is 0 Å². The van der Waals surface area contributed by atoms with Crippen molar-refractivity contribution in [2.45, 2.75) is 32.1 Å². The van der Waals surface area contributed by atoms with E-state index in [1.54, 1.807) is 0 Å². The Labute approximate surface area is 97.1 Å². The second-order valence-corrected chi connectivity index (χ2v) is 5.83. The minimum atomic E-state index is -0.264. The maximum atomic E-state index is 11.0. The SMILES string of the molecule is C=CC(=O)OCC1C[C@@H]2C3CCC(C3)[C@@H]2C1. The van der Waals surface area contributed by atoms with E-state index in [-0.39, 0.29) is 5.97 Å². The van der Waals surface area contributed by atoms with Crippen LogP contribution in [0.4, 0.5) is 0 Å². The van der Waals surface area contributed by atoms with Crippen LogP contribution in [0, 0.1) is 29.6 Å². The molecule has 3 rings (SSSR count). The molecule has 3 aliphatic rings. The van der Waals surface area contributed by atoms with Crippen molar-refractivity contribution in [1.82, 2.24) is 0 Å². The van der Waals surface area contributed by atoms with Crippen molar-refractivity contribution in [3.05, 3.63) is 12.7 Å². The highest BCUT2D eigenvalue weighted by Gasteiger charge is 2.51. The van der Waals surface area contributed by atoms with Crippen molar-refractivity contribution in [3.8, 4) is 0 Å². The van der Waals surface area contributed by atoms with Gasteiger partial charge in [0.1, 0.15) is 0 Å². The summed E-state index contributed by atoms with van der Waals surface area (Å²) in [6.45, 7) is 4.04. The van der Waals surface area contributed by atoms with Crippen molar-refractivity contribution in [2.24, 2.45) is 29.6 Å². The lowest BCUT2D eigenvalue weighted by molar-refractivity contribution is -0.139. The van der Waals surface area contributed by atoms with Gasteiger partial charge in [0.15, 0.2) is 0 Å². The largest absolute Gasteiger partial charge is 0.462 e. The molecular weight excluding hydrogens is 200 g/mol. The Balaban J connectivity index is 1.54. The van der Waals surface area contributed by atoms with E-state index in [0.717, 1.165) is 23.7 Å². The number of hydrogen-bond acceptors (Lipinski definition) is 2. The smallest absolute Gasteiger partial charge is 0.330 e. The molecule has 0 heterocycles. The van der Waals surface area contributed by atoms with Crippen LogP contribution in [0.1, 0.15) is 32.1 Å². The first-order valence-electron chi connectivity index (χ1n) is 6.57. The summed E-state index contributed by atoms with van der Waals surface area (Å²) in [7, 11) is 0. The molecule has 2 bridgehead atoms. The molecular formula is C14H20O2.